The molecular weight excluding hydrogens is 315 g/mol. The van der Waals surface area contributed by atoms with E-state index in [-0.39, 0.29) is 5.82 Å². The number of rotatable bonds is 6. The molecule has 1 aromatic heterocycles. The van der Waals surface area contributed by atoms with E-state index in [4.69, 9.17) is 0 Å². The lowest BCUT2D eigenvalue weighted by Gasteiger charge is -2.12. The van der Waals surface area contributed by atoms with Crippen LogP contribution >= 0.6 is 34.9 Å². The second kappa shape index (κ2) is 7.40. The summed E-state index contributed by atoms with van der Waals surface area (Å²) in [5, 5.41) is 18.3. The van der Waals surface area contributed by atoms with Gasteiger partial charge in [0.15, 0.2) is 8.68 Å². The molecule has 0 aliphatic carbocycles. The fraction of sp³-hybridized carbons (Fsp3) is 0.385. The Hall–Kier alpha value is -0.630. The standard InChI is InChI=1S/C13H15FN2OS3/c1-3-18-12-15-16-13(20-12)19-7-11(17)10-5-4-9(14)6-8(10)2/h4-6,11,17H,3,7H2,1-2H3. The molecule has 0 aliphatic heterocycles. The first-order valence-corrected chi connectivity index (χ1v) is 8.92. The Bertz CT molecular complexity index is 576. The quantitative estimate of drug-likeness (QED) is 0.813. The summed E-state index contributed by atoms with van der Waals surface area (Å²) >= 11 is 4.66. The van der Waals surface area contributed by atoms with Gasteiger partial charge in [0.25, 0.3) is 0 Å². The maximum Gasteiger partial charge on any atom is 0.175 e. The first-order valence-electron chi connectivity index (χ1n) is 6.13. The van der Waals surface area contributed by atoms with Gasteiger partial charge in [-0.15, -0.1) is 10.2 Å². The Labute approximate surface area is 130 Å². The third-order valence-corrected chi connectivity index (χ3v) is 5.76. The lowest BCUT2D eigenvalue weighted by molar-refractivity contribution is 0.203. The Morgan fingerprint density at radius 2 is 2.00 bits per heavy atom. The van der Waals surface area contributed by atoms with Crippen LogP contribution in [0.5, 0.6) is 0 Å². The zero-order valence-corrected chi connectivity index (χ0v) is 13.6. The van der Waals surface area contributed by atoms with Crippen molar-refractivity contribution < 1.29 is 9.50 Å². The van der Waals surface area contributed by atoms with Gasteiger partial charge in [-0.05, 0) is 35.9 Å². The van der Waals surface area contributed by atoms with E-state index >= 15 is 0 Å². The zero-order valence-electron chi connectivity index (χ0n) is 11.2. The summed E-state index contributed by atoms with van der Waals surface area (Å²) in [6.45, 7) is 3.87. The predicted molar refractivity (Wildman–Crippen MR) is 83.1 cm³/mol. The van der Waals surface area contributed by atoms with Crippen LogP contribution in [0.4, 0.5) is 4.39 Å². The van der Waals surface area contributed by atoms with Crippen LogP contribution in [0.2, 0.25) is 0 Å². The molecule has 7 heteroatoms. The number of aryl methyl sites for hydroxylation is 1. The van der Waals surface area contributed by atoms with Crippen LogP contribution in [-0.4, -0.2) is 26.8 Å². The summed E-state index contributed by atoms with van der Waals surface area (Å²) in [6, 6.07) is 4.44. The first kappa shape index (κ1) is 15.8. The normalized spacial score (nSPS) is 12.6. The number of aliphatic hydroxyl groups excluding tert-OH is 1. The minimum atomic E-state index is -0.633. The lowest BCUT2D eigenvalue weighted by Crippen LogP contribution is -2.03. The molecule has 1 aromatic carbocycles. The van der Waals surface area contributed by atoms with E-state index in [9.17, 15) is 9.50 Å². The molecule has 0 radical (unpaired) electrons. The molecule has 1 unspecified atom stereocenters. The summed E-state index contributed by atoms with van der Waals surface area (Å²) in [5.74, 6) is 1.17. The van der Waals surface area contributed by atoms with Crippen molar-refractivity contribution in [2.45, 2.75) is 28.6 Å². The van der Waals surface area contributed by atoms with Gasteiger partial charge < -0.3 is 5.11 Å². The van der Waals surface area contributed by atoms with E-state index in [1.807, 2.05) is 0 Å². The minimum absolute atomic E-state index is 0.281. The smallest absolute Gasteiger partial charge is 0.175 e. The number of benzene rings is 1. The summed E-state index contributed by atoms with van der Waals surface area (Å²) < 4.78 is 14.8. The van der Waals surface area contributed by atoms with Crippen LogP contribution < -0.4 is 0 Å². The monoisotopic (exact) mass is 330 g/mol. The number of thioether (sulfide) groups is 2. The molecule has 20 heavy (non-hydrogen) atoms. The summed E-state index contributed by atoms with van der Waals surface area (Å²) in [7, 11) is 0. The predicted octanol–water partition coefficient (Wildman–Crippen LogP) is 3.92. The van der Waals surface area contributed by atoms with E-state index in [1.54, 1.807) is 24.8 Å². The highest BCUT2D eigenvalue weighted by molar-refractivity contribution is 8.03. The number of halogens is 1. The van der Waals surface area contributed by atoms with Gasteiger partial charge in [-0.1, -0.05) is 47.9 Å². The van der Waals surface area contributed by atoms with Crippen LogP contribution in [0.1, 0.15) is 24.2 Å². The van der Waals surface area contributed by atoms with E-state index in [2.05, 4.69) is 17.1 Å². The van der Waals surface area contributed by atoms with Crippen molar-refractivity contribution in [3.63, 3.8) is 0 Å². The second-order valence-electron chi connectivity index (χ2n) is 4.09. The van der Waals surface area contributed by atoms with Crippen LogP contribution in [0.25, 0.3) is 0 Å². The molecule has 0 fully saturated rings. The van der Waals surface area contributed by atoms with Crippen molar-refractivity contribution in [2.75, 3.05) is 11.5 Å². The SMILES string of the molecule is CCSc1nnc(SCC(O)c2ccc(F)cc2C)s1. The number of aromatic nitrogens is 2. The average molecular weight is 330 g/mol. The van der Waals surface area contributed by atoms with Crippen molar-refractivity contribution in [1.29, 1.82) is 0 Å². The van der Waals surface area contributed by atoms with Gasteiger partial charge in [-0.25, -0.2) is 4.39 Å². The minimum Gasteiger partial charge on any atom is -0.388 e. The van der Waals surface area contributed by atoms with Crippen LogP contribution in [0.15, 0.2) is 26.9 Å². The largest absolute Gasteiger partial charge is 0.388 e. The van der Waals surface area contributed by atoms with E-state index in [0.29, 0.717) is 5.75 Å². The van der Waals surface area contributed by atoms with Crippen LogP contribution in [0, 0.1) is 12.7 Å². The van der Waals surface area contributed by atoms with Gasteiger partial charge in [0.1, 0.15) is 5.82 Å². The Morgan fingerprint density at radius 1 is 1.30 bits per heavy atom. The third kappa shape index (κ3) is 4.18. The van der Waals surface area contributed by atoms with E-state index in [0.717, 1.165) is 25.6 Å². The van der Waals surface area contributed by atoms with Gasteiger partial charge in [0.2, 0.25) is 0 Å². The highest BCUT2D eigenvalue weighted by Crippen LogP contribution is 2.31. The van der Waals surface area contributed by atoms with Crippen molar-refractivity contribution in [3.8, 4) is 0 Å². The van der Waals surface area contributed by atoms with Crippen molar-refractivity contribution in [1.82, 2.24) is 10.2 Å². The molecule has 0 saturated heterocycles. The van der Waals surface area contributed by atoms with Gasteiger partial charge in [-0.3, -0.25) is 0 Å². The number of aliphatic hydroxyl groups is 1. The molecule has 0 bridgehead atoms. The van der Waals surface area contributed by atoms with Crippen LogP contribution in [-0.2, 0) is 0 Å². The zero-order chi connectivity index (χ0) is 14.5. The molecule has 1 N–H and O–H groups in total. The topological polar surface area (TPSA) is 46.0 Å². The summed E-state index contributed by atoms with van der Waals surface area (Å²) in [6.07, 6.45) is -0.633. The van der Waals surface area contributed by atoms with Gasteiger partial charge in [-0.2, -0.15) is 0 Å². The lowest BCUT2D eigenvalue weighted by atomic mass is 10.0. The highest BCUT2D eigenvalue weighted by Gasteiger charge is 2.13. The first-order chi connectivity index (χ1) is 9.60. The molecule has 0 saturated carbocycles. The molecule has 0 spiro atoms. The summed E-state index contributed by atoms with van der Waals surface area (Å²) in [4.78, 5) is 0. The Balaban J connectivity index is 1.95. The number of nitrogens with zero attached hydrogens (tertiary/aromatic N) is 2. The molecule has 108 valence electrons. The molecule has 1 heterocycles. The Morgan fingerprint density at radius 3 is 2.65 bits per heavy atom. The fourth-order valence-corrected chi connectivity index (χ4v) is 4.59. The van der Waals surface area contributed by atoms with E-state index < -0.39 is 6.10 Å². The molecular formula is C13H15FN2OS3. The molecule has 3 nitrogen and oxygen atoms in total. The number of hydrogen-bond acceptors (Lipinski definition) is 6. The highest BCUT2D eigenvalue weighted by atomic mass is 32.2. The molecule has 1 atom stereocenters. The molecule has 2 rings (SSSR count). The van der Waals surface area contributed by atoms with E-state index in [1.165, 1.54) is 35.2 Å². The average Bonchev–Trinajstić information content (AvgIpc) is 2.84. The molecule has 0 amide bonds. The van der Waals surface area contributed by atoms with Crippen molar-refractivity contribution in [2.24, 2.45) is 0 Å². The maximum atomic E-state index is 13.0. The number of hydrogen-bond donors (Lipinski definition) is 1. The third-order valence-electron chi connectivity index (χ3n) is 2.61. The Kier molecular flexibility index (Phi) is 5.83. The summed E-state index contributed by atoms with van der Waals surface area (Å²) in [5.41, 5.74) is 1.52. The van der Waals surface area contributed by atoms with Gasteiger partial charge >= 0.3 is 0 Å². The van der Waals surface area contributed by atoms with Crippen molar-refractivity contribution in [3.05, 3.63) is 35.1 Å². The second-order valence-corrected chi connectivity index (χ2v) is 7.85. The van der Waals surface area contributed by atoms with Gasteiger partial charge in [0, 0.05) is 5.75 Å². The maximum absolute atomic E-state index is 13.0. The fourth-order valence-electron chi connectivity index (χ4n) is 1.69. The van der Waals surface area contributed by atoms with Crippen LogP contribution in [0.3, 0.4) is 0 Å². The molecule has 2 aromatic rings. The van der Waals surface area contributed by atoms with Crippen molar-refractivity contribution >= 4 is 34.9 Å². The molecule has 0 aliphatic rings. The van der Waals surface area contributed by atoms with Gasteiger partial charge in [0.05, 0.1) is 6.10 Å².